The maximum atomic E-state index is 12.3. The summed E-state index contributed by atoms with van der Waals surface area (Å²) in [6.07, 6.45) is 1.25. The van der Waals surface area contributed by atoms with Crippen LogP contribution in [0.3, 0.4) is 0 Å². The van der Waals surface area contributed by atoms with Crippen LogP contribution in [-0.2, 0) is 19.1 Å². The molecular formula is C15H18Cl3NO6. The van der Waals surface area contributed by atoms with Crippen LogP contribution in [0, 0.1) is 5.92 Å². The SMILES string of the molecule is CCC1=C(C(=O)O)N2C(=O)[C@@H](CCOC(=O)OCC(Cl)(Cl)Cl)[C@H]2CC1. The Bertz CT molecular complexity index is 601. The molecule has 2 aliphatic heterocycles. The van der Waals surface area contributed by atoms with E-state index in [2.05, 4.69) is 4.74 Å². The van der Waals surface area contributed by atoms with Gasteiger partial charge in [-0.25, -0.2) is 9.59 Å². The van der Waals surface area contributed by atoms with Crippen molar-refractivity contribution < 1.29 is 29.0 Å². The summed E-state index contributed by atoms with van der Waals surface area (Å²) >= 11 is 16.3. The van der Waals surface area contributed by atoms with E-state index in [0.29, 0.717) is 19.3 Å². The van der Waals surface area contributed by atoms with Gasteiger partial charge < -0.3 is 19.5 Å². The van der Waals surface area contributed by atoms with Crippen molar-refractivity contribution in [3.05, 3.63) is 11.3 Å². The second-order valence-electron chi connectivity index (χ2n) is 5.82. The second-order valence-corrected chi connectivity index (χ2v) is 8.34. The summed E-state index contributed by atoms with van der Waals surface area (Å²) in [5, 5.41) is 9.37. The Kier molecular flexibility index (Phi) is 6.45. The number of rotatable bonds is 6. The van der Waals surface area contributed by atoms with E-state index in [1.165, 1.54) is 4.90 Å². The van der Waals surface area contributed by atoms with Gasteiger partial charge in [0.05, 0.1) is 12.5 Å². The first-order valence-corrected chi connectivity index (χ1v) is 8.93. The number of carboxylic acids is 1. The Morgan fingerprint density at radius 1 is 1.32 bits per heavy atom. The third-order valence-corrected chi connectivity index (χ3v) is 4.63. The Balaban J connectivity index is 1.85. The largest absolute Gasteiger partial charge is 0.508 e. The van der Waals surface area contributed by atoms with E-state index < -0.39 is 22.5 Å². The molecule has 0 unspecified atom stereocenters. The number of β-lactam (4-membered cyclic amide) rings is 1. The molecule has 0 aromatic heterocycles. The molecule has 2 atom stereocenters. The van der Waals surface area contributed by atoms with Gasteiger partial charge in [-0.15, -0.1) is 0 Å². The second kappa shape index (κ2) is 8.01. The highest BCUT2D eigenvalue weighted by Gasteiger charge is 2.52. The molecule has 1 N–H and O–H groups in total. The molecule has 2 aliphatic rings. The van der Waals surface area contributed by atoms with Crippen LogP contribution in [0.15, 0.2) is 11.3 Å². The van der Waals surface area contributed by atoms with E-state index in [4.69, 9.17) is 39.5 Å². The summed E-state index contributed by atoms with van der Waals surface area (Å²) in [6.45, 7) is 1.39. The number of carboxylic acid groups (broad SMARTS) is 1. The quantitative estimate of drug-likeness (QED) is 0.407. The van der Waals surface area contributed by atoms with Crippen molar-refractivity contribution in [1.29, 1.82) is 0 Å². The third-order valence-electron chi connectivity index (χ3n) is 4.30. The molecule has 0 spiro atoms. The van der Waals surface area contributed by atoms with E-state index in [1.807, 2.05) is 6.92 Å². The molecule has 0 bridgehead atoms. The Hall–Kier alpha value is -1.18. The monoisotopic (exact) mass is 413 g/mol. The molecule has 0 aliphatic carbocycles. The Labute approximate surface area is 159 Å². The van der Waals surface area contributed by atoms with Crippen LogP contribution < -0.4 is 0 Å². The van der Waals surface area contributed by atoms with Crippen molar-refractivity contribution in [2.75, 3.05) is 13.2 Å². The number of carbonyl (C=O) groups is 3. The number of aliphatic carboxylic acids is 1. The minimum Gasteiger partial charge on any atom is -0.477 e. The third kappa shape index (κ3) is 4.71. The number of halogens is 3. The van der Waals surface area contributed by atoms with Crippen molar-refractivity contribution in [3.63, 3.8) is 0 Å². The van der Waals surface area contributed by atoms with Crippen LogP contribution in [0.5, 0.6) is 0 Å². The lowest BCUT2D eigenvalue weighted by molar-refractivity contribution is -0.159. The highest BCUT2D eigenvalue weighted by atomic mass is 35.6. The summed E-state index contributed by atoms with van der Waals surface area (Å²) in [4.78, 5) is 36.5. The molecule has 1 saturated heterocycles. The maximum Gasteiger partial charge on any atom is 0.508 e. The number of amides is 1. The summed E-state index contributed by atoms with van der Waals surface area (Å²) < 4.78 is 7.75. The van der Waals surface area contributed by atoms with Gasteiger partial charge in [0.2, 0.25) is 9.70 Å². The lowest BCUT2D eigenvalue weighted by Gasteiger charge is -2.50. The molecule has 0 aromatic carbocycles. The molecule has 0 aromatic rings. The van der Waals surface area contributed by atoms with Crippen molar-refractivity contribution >= 4 is 52.8 Å². The fraction of sp³-hybridized carbons (Fsp3) is 0.667. The topological polar surface area (TPSA) is 93.1 Å². The zero-order valence-electron chi connectivity index (χ0n) is 13.5. The van der Waals surface area contributed by atoms with Gasteiger partial charge in [0.15, 0.2) is 0 Å². The van der Waals surface area contributed by atoms with E-state index in [0.717, 1.165) is 5.57 Å². The number of alkyl halides is 3. The molecule has 2 heterocycles. The lowest BCUT2D eigenvalue weighted by atomic mass is 9.77. The Morgan fingerprint density at radius 3 is 2.56 bits per heavy atom. The number of nitrogens with zero attached hydrogens (tertiary/aromatic N) is 1. The fourth-order valence-corrected chi connectivity index (χ4v) is 3.35. The number of ether oxygens (including phenoxy) is 2. The predicted molar refractivity (Wildman–Crippen MR) is 90.5 cm³/mol. The minimum atomic E-state index is -1.72. The van der Waals surface area contributed by atoms with Gasteiger partial charge in [-0.3, -0.25) is 4.79 Å². The predicted octanol–water partition coefficient (Wildman–Crippen LogP) is 3.27. The first kappa shape index (κ1) is 20.1. The van der Waals surface area contributed by atoms with E-state index in [-0.39, 0.29) is 36.6 Å². The van der Waals surface area contributed by atoms with Crippen molar-refractivity contribution in [2.45, 2.75) is 42.4 Å². The minimum absolute atomic E-state index is 0.0355. The van der Waals surface area contributed by atoms with Gasteiger partial charge >= 0.3 is 12.1 Å². The van der Waals surface area contributed by atoms with Crippen molar-refractivity contribution in [1.82, 2.24) is 4.90 Å². The van der Waals surface area contributed by atoms with Crippen LogP contribution >= 0.6 is 34.8 Å². The van der Waals surface area contributed by atoms with Gasteiger partial charge in [-0.05, 0) is 31.3 Å². The van der Waals surface area contributed by atoms with Gasteiger partial charge in [0.1, 0.15) is 12.3 Å². The maximum absolute atomic E-state index is 12.3. The highest BCUT2D eigenvalue weighted by molar-refractivity contribution is 6.67. The molecule has 1 fully saturated rings. The number of carbonyl (C=O) groups excluding carboxylic acids is 2. The van der Waals surface area contributed by atoms with Gasteiger partial charge in [0, 0.05) is 6.04 Å². The highest BCUT2D eigenvalue weighted by Crippen LogP contribution is 2.42. The van der Waals surface area contributed by atoms with Gasteiger partial charge in [-0.1, -0.05) is 41.7 Å². The van der Waals surface area contributed by atoms with Crippen LogP contribution in [0.2, 0.25) is 0 Å². The van der Waals surface area contributed by atoms with Gasteiger partial charge in [0.25, 0.3) is 0 Å². The summed E-state index contributed by atoms with van der Waals surface area (Å²) in [7, 11) is 0. The van der Waals surface area contributed by atoms with Crippen molar-refractivity contribution in [2.24, 2.45) is 5.92 Å². The summed E-state index contributed by atoms with van der Waals surface area (Å²) in [5.41, 5.74) is 0.880. The molecule has 25 heavy (non-hydrogen) atoms. The van der Waals surface area contributed by atoms with Gasteiger partial charge in [-0.2, -0.15) is 0 Å². The number of fused-ring (bicyclic) bond motifs is 1. The first-order valence-electron chi connectivity index (χ1n) is 7.80. The van der Waals surface area contributed by atoms with Crippen LogP contribution in [0.25, 0.3) is 0 Å². The van der Waals surface area contributed by atoms with Crippen LogP contribution in [0.1, 0.15) is 32.6 Å². The smallest absolute Gasteiger partial charge is 0.477 e. The molecule has 0 radical (unpaired) electrons. The first-order chi connectivity index (χ1) is 11.7. The normalized spacial score (nSPS) is 23.0. The number of hydrogen-bond acceptors (Lipinski definition) is 5. The van der Waals surface area contributed by atoms with E-state index in [9.17, 15) is 19.5 Å². The summed E-state index contributed by atoms with van der Waals surface area (Å²) in [5.74, 6) is -1.71. The number of allylic oxidation sites excluding steroid dienone is 1. The molecule has 1 amide bonds. The standard InChI is InChI=1S/C15H18Cl3NO6/c1-2-8-3-4-10-9(12(20)19(10)11(8)13(21)22)5-6-24-14(23)25-7-15(16,17)18/h9-10H,2-7H2,1H3,(H,21,22)/t9-,10+/m0/s1. The van der Waals surface area contributed by atoms with Crippen LogP contribution in [0.4, 0.5) is 4.79 Å². The zero-order chi connectivity index (χ0) is 18.8. The summed E-state index contributed by atoms with van der Waals surface area (Å²) in [6, 6.07) is -0.172. The van der Waals surface area contributed by atoms with E-state index >= 15 is 0 Å². The molecule has 0 saturated carbocycles. The lowest BCUT2D eigenvalue weighted by Crippen LogP contribution is -2.62. The van der Waals surface area contributed by atoms with Crippen LogP contribution in [-0.4, -0.2) is 51.1 Å². The van der Waals surface area contributed by atoms with E-state index in [1.54, 1.807) is 0 Å². The molecular weight excluding hydrogens is 397 g/mol. The zero-order valence-corrected chi connectivity index (χ0v) is 15.7. The molecule has 10 heteroatoms. The molecule has 7 nitrogen and oxygen atoms in total. The Morgan fingerprint density at radius 2 is 2.00 bits per heavy atom. The molecule has 140 valence electrons. The molecule has 2 rings (SSSR count). The fourth-order valence-electron chi connectivity index (χ4n) is 3.19. The van der Waals surface area contributed by atoms with Crippen molar-refractivity contribution in [3.8, 4) is 0 Å². The average Bonchev–Trinajstić information content (AvgIpc) is 2.54. The average molecular weight is 415 g/mol. The number of hydrogen-bond donors (Lipinski definition) is 1.